The first-order chi connectivity index (χ1) is 15.0. The van der Waals surface area contributed by atoms with Crippen LogP contribution in [0.5, 0.6) is 5.75 Å². The summed E-state index contributed by atoms with van der Waals surface area (Å²) in [5, 5.41) is 0.375. The Morgan fingerprint density at radius 2 is 1.81 bits per heavy atom. The number of nitrogens with zero attached hydrogens (tertiary/aromatic N) is 2. The van der Waals surface area contributed by atoms with E-state index in [4.69, 9.17) is 16.3 Å². The summed E-state index contributed by atoms with van der Waals surface area (Å²) in [6.07, 6.45) is 3.04. The molecule has 0 N–H and O–H groups in total. The standard InChI is InChI=1S/C25H27ClN2O3/c1-3-15-31-19-12-10-18(11-13-19)22-23(27-14-6-7-17(2)16-27)25(30)28(24(22)29)21-9-5-4-8-20(21)26/h4-5,8-13,17H,3,6-7,14-16H2,1-2H3. The van der Waals surface area contributed by atoms with Crippen molar-refractivity contribution in [2.75, 3.05) is 24.6 Å². The normalized spacial score (nSPS) is 19.4. The van der Waals surface area contributed by atoms with Gasteiger partial charge in [0, 0.05) is 13.1 Å². The molecule has 0 aliphatic carbocycles. The summed E-state index contributed by atoms with van der Waals surface area (Å²) in [6.45, 7) is 6.38. The van der Waals surface area contributed by atoms with Crippen LogP contribution in [0.2, 0.25) is 5.02 Å². The Bertz CT molecular complexity index is 1020. The number of hydrogen-bond acceptors (Lipinski definition) is 4. The van der Waals surface area contributed by atoms with E-state index in [0.29, 0.717) is 40.1 Å². The summed E-state index contributed by atoms with van der Waals surface area (Å²) < 4.78 is 5.68. The first kappa shape index (κ1) is 21.4. The third-order valence-electron chi connectivity index (χ3n) is 5.74. The van der Waals surface area contributed by atoms with Crippen molar-refractivity contribution in [2.45, 2.75) is 33.1 Å². The van der Waals surface area contributed by atoms with Crippen LogP contribution in [0.25, 0.3) is 5.57 Å². The van der Waals surface area contributed by atoms with Crippen LogP contribution >= 0.6 is 11.6 Å². The van der Waals surface area contributed by atoms with Crippen molar-refractivity contribution < 1.29 is 14.3 Å². The quantitative estimate of drug-likeness (QED) is 0.585. The van der Waals surface area contributed by atoms with Gasteiger partial charge in [0.05, 0.1) is 22.9 Å². The van der Waals surface area contributed by atoms with Gasteiger partial charge in [0.15, 0.2) is 0 Å². The Hall–Kier alpha value is -2.79. The zero-order valence-corrected chi connectivity index (χ0v) is 18.7. The average Bonchev–Trinajstić information content (AvgIpc) is 3.03. The zero-order chi connectivity index (χ0) is 22.0. The van der Waals surface area contributed by atoms with Gasteiger partial charge < -0.3 is 9.64 Å². The molecule has 1 atom stereocenters. The number of rotatable bonds is 6. The molecule has 2 aliphatic heterocycles. The van der Waals surface area contributed by atoms with Gasteiger partial charge in [0.1, 0.15) is 11.4 Å². The Balaban J connectivity index is 1.77. The number of hydrogen-bond donors (Lipinski definition) is 0. The van der Waals surface area contributed by atoms with Crippen molar-refractivity contribution in [2.24, 2.45) is 5.92 Å². The summed E-state index contributed by atoms with van der Waals surface area (Å²) in [4.78, 5) is 30.5. The lowest BCUT2D eigenvalue weighted by molar-refractivity contribution is -0.120. The fourth-order valence-electron chi connectivity index (χ4n) is 4.25. The van der Waals surface area contributed by atoms with Crippen LogP contribution in [0.4, 0.5) is 5.69 Å². The molecule has 1 saturated heterocycles. The number of piperidine rings is 1. The molecule has 2 heterocycles. The molecule has 0 radical (unpaired) electrons. The molecule has 2 aromatic carbocycles. The second-order valence-corrected chi connectivity index (χ2v) is 8.59. The molecule has 0 aromatic heterocycles. The highest BCUT2D eigenvalue weighted by atomic mass is 35.5. The molecule has 2 amide bonds. The first-order valence-electron chi connectivity index (χ1n) is 10.9. The van der Waals surface area contributed by atoms with Crippen molar-refractivity contribution in [3.05, 3.63) is 64.8 Å². The highest BCUT2D eigenvalue weighted by Gasteiger charge is 2.43. The smallest absolute Gasteiger partial charge is 0.282 e. The third kappa shape index (κ3) is 4.19. The number of benzene rings is 2. The lowest BCUT2D eigenvalue weighted by Crippen LogP contribution is -2.39. The van der Waals surface area contributed by atoms with Gasteiger partial charge in [-0.2, -0.15) is 0 Å². The van der Waals surface area contributed by atoms with Gasteiger partial charge in [-0.3, -0.25) is 9.59 Å². The van der Waals surface area contributed by atoms with Gasteiger partial charge in [-0.1, -0.05) is 49.7 Å². The van der Waals surface area contributed by atoms with Crippen molar-refractivity contribution in [3.8, 4) is 5.75 Å². The van der Waals surface area contributed by atoms with E-state index < -0.39 is 0 Å². The molecule has 5 nitrogen and oxygen atoms in total. The number of imide groups is 1. The molecule has 0 spiro atoms. The van der Waals surface area contributed by atoms with E-state index in [-0.39, 0.29) is 11.8 Å². The van der Waals surface area contributed by atoms with Gasteiger partial charge in [0.2, 0.25) is 0 Å². The number of anilines is 1. The van der Waals surface area contributed by atoms with Crippen LogP contribution in [0.15, 0.2) is 54.2 Å². The molecule has 1 unspecified atom stereocenters. The first-order valence-corrected chi connectivity index (χ1v) is 11.2. The van der Waals surface area contributed by atoms with Crippen molar-refractivity contribution in [1.29, 1.82) is 0 Å². The van der Waals surface area contributed by atoms with Crippen molar-refractivity contribution in [1.82, 2.24) is 4.90 Å². The monoisotopic (exact) mass is 438 g/mol. The largest absolute Gasteiger partial charge is 0.494 e. The van der Waals surface area contributed by atoms with E-state index in [0.717, 1.165) is 38.1 Å². The molecule has 4 rings (SSSR count). The topological polar surface area (TPSA) is 49.9 Å². The van der Waals surface area contributed by atoms with Crippen LogP contribution < -0.4 is 9.64 Å². The SMILES string of the molecule is CCCOc1ccc(C2=C(N3CCCC(C)C3)C(=O)N(c3ccccc3Cl)C2=O)cc1. The molecule has 2 aromatic rings. The highest BCUT2D eigenvalue weighted by Crippen LogP contribution is 2.38. The average molecular weight is 439 g/mol. The predicted octanol–water partition coefficient (Wildman–Crippen LogP) is 5.15. The molecular weight excluding hydrogens is 412 g/mol. The fraction of sp³-hybridized carbons (Fsp3) is 0.360. The predicted molar refractivity (Wildman–Crippen MR) is 123 cm³/mol. The Labute approximate surface area is 188 Å². The third-order valence-corrected chi connectivity index (χ3v) is 6.06. The van der Waals surface area contributed by atoms with E-state index in [9.17, 15) is 9.59 Å². The van der Waals surface area contributed by atoms with Gasteiger partial charge in [-0.05, 0) is 55.0 Å². The maximum absolute atomic E-state index is 13.6. The fourth-order valence-corrected chi connectivity index (χ4v) is 4.47. The van der Waals surface area contributed by atoms with E-state index in [1.807, 2.05) is 24.3 Å². The summed E-state index contributed by atoms with van der Waals surface area (Å²) in [7, 11) is 0. The van der Waals surface area contributed by atoms with E-state index in [1.54, 1.807) is 24.3 Å². The lowest BCUT2D eigenvalue weighted by atomic mass is 9.97. The van der Waals surface area contributed by atoms with Gasteiger partial charge in [-0.25, -0.2) is 4.90 Å². The summed E-state index contributed by atoms with van der Waals surface area (Å²) in [6, 6.07) is 14.4. The lowest BCUT2D eigenvalue weighted by Gasteiger charge is -2.33. The minimum Gasteiger partial charge on any atom is -0.494 e. The number of para-hydroxylation sites is 1. The van der Waals surface area contributed by atoms with Crippen LogP contribution in [-0.4, -0.2) is 36.4 Å². The molecule has 31 heavy (non-hydrogen) atoms. The minimum absolute atomic E-state index is 0.312. The van der Waals surface area contributed by atoms with Crippen molar-refractivity contribution in [3.63, 3.8) is 0 Å². The molecule has 1 fully saturated rings. The summed E-state index contributed by atoms with van der Waals surface area (Å²) in [5.41, 5.74) is 2.03. The van der Waals surface area contributed by atoms with E-state index in [1.165, 1.54) is 4.90 Å². The second-order valence-electron chi connectivity index (χ2n) is 8.19. The number of halogens is 1. The zero-order valence-electron chi connectivity index (χ0n) is 17.9. The molecule has 6 heteroatoms. The van der Waals surface area contributed by atoms with E-state index in [2.05, 4.69) is 18.7 Å². The maximum Gasteiger partial charge on any atom is 0.282 e. The molecule has 162 valence electrons. The number of likely N-dealkylation sites (tertiary alicyclic amines) is 1. The summed E-state index contributed by atoms with van der Waals surface area (Å²) in [5.74, 6) is 0.561. The molecule has 0 bridgehead atoms. The number of carbonyl (C=O) groups excluding carboxylic acids is 2. The van der Waals surface area contributed by atoms with E-state index >= 15 is 0 Å². The van der Waals surface area contributed by atoms with Gasteiger partial charge in [-0.15, -0.1) is 0 Å². The molecule has 0 saturated carbocycles. The minimum atomic E-state index is -0.339. The second kappa shape index (κ2) is 9.15. The molecule has 2 aliphatic rings. The Morgan fingerprint density at radius 3 is 2.48 bits per heavy atom. The Morgan fingerprint density at radius 1 is 1.06 bits per heavy atom. The maximum atomic E-state index is 13.6. The van der Waals surface area contributed by atoms with Crippen LogP contribution in [0.3, 0.4) is 0 Å². The Kier molecular flexibility index (Phi) is 6.33. The number of carbonyl (C=O) groups is 2. The highest BCUT2D eigenvalue weighted by molar-refractivity contribution is 6.47. The van der Waals surface area contributed by atoms with Crippen LogP contribution in [-0.2, 0) is 9.59 Å². The summed E-state index contributed by atoms with van der Waals surface area (Å²) >= 11 is 6.36. The number of amides is 2. The van der Waals surface area contributed by atoms with Crippen molar-refractivity contribution >= 4 is 34.7 Å². The van der Waals surface area contributed by atoms with Crippen LogP contribution in [0, 0.1) is 5.92 Å². The number of ether oxygens (including phenoxy) is 1. The van der Waals surface area contributed by atoms with Crippen LogP contribution in [0.1, 0.15) is 38.7 Å². The van der Waals surface area contributed by atoms with Gasteiger partial charge in [0.25, 0.3) is 11.8 Å². The molecular formula is C25H27ClN2O3. The van der Waals surface area contributed by atoms with Gasteiger partial charge >= 0.3 is 0 Å².